The molecule has 0 bridgehead atoms. The predicted molar refractivity (Wildman–Crippen MR) is 107 cm³/mol. The van der Waals surface area contributed by atoms with E-state index in [9.17, 15) is 0 Å². The molecule has 146 valence electrons. The minimum atomic E-state index is 0.0171. The molecule has 0 saturated carbocycles. The number of piperidine rings is 1. The van der Waals surface area contributed by atoms with Gasteiger partial charge in [-0.3, -0.25) is 4.99 Å². The number of benzene rings is 1. The van der Waals surface area contributed by atoms with Gasteiger partial charge in [-0.15, -0.1) is 0 Å². The second-order valence-corrected chi connectivity index (χ2v) is 7.11. The largest absolute Gasteiger partial charge is 0.497 e. The van der Waals surface area contributed by atoms with Crippen molar-refractivity contribution in [3.63, 3.8) is 0 Å². The van der Waals surface area contributed by atoms with Crippen LogP contribution in [0.2, 0.25) is 0 Å². The van der Waals surface area contributed by atoms with Crippen LogP contribution in [0.15, 0.2) is 29.3 Å². The fourth-order valence-corrected chi connectivity index (χ4v) is 3.14. The smallest absolute Gasteiger partial charge is 0.191 e. The van der Waals surface area contributed by atoms with E-state index in [-0.39, 0.29) is 6.10 Å². The summed E-state index contributed by atoms with van der Waals surface area (Å²) in [5.74, 6) is 2.45. The second kappa shape index (κ2) is 10.3. The number of hydrogen-bond acceptors (Lipinski definition) is 4. The zero-order valence-corrected chi connectivity index (χ0v) is 16.8. The van der Waals surface area contributed by atoms with Crippen LogP contribution in [0.1, 0.15) is 33.6 Å². The third kappa shape index (κ3) is 6.41. The van der Waals surface area contributed by atoms with Crippen molar-refractivity contribution in [3.8, 4) is 11.5 Å². The monoisotopic (exact) mass is 362 g/mol. The van der Waals surface area contributed by atoms with Crippen LogP contribution in [0.3, 0.4) is 0 Å². The molecular formula is C20H34N4O2. The summed E-state index contributed by atoms with van der Waals surface area (Å²) in [5.41, 5.74) is 0. The van der Waals surface area contributed by atoms with E-state index in [0.29, 0.717) is 18.6 Å². The lowest BCUT2D eigenvalue weighted by Crippen LogP contribution is -2.50. The fraction of sp³-hybridized carbons (Fsp3) is 0.650. The first-order valence-electron chi connectivity index (χ1n) is 9.53. The highest BCUT2D eigenvalue weighted by molar-refractivity contribution is 5.80. The topological polar surface area (TPSA) is 58.1 Å². The molecule has 2 N–H and O–H groups in total. The van der Waals surface area contributed by atoms with Crippen LogP contribution < -0.4 is 20.1 Å². The zero-order valence-electron chi connectivity index (χ0n) is 16.8. The van der Waals surface area contributed by atoms with Crippen LogP contribution in [0.25, 0.3) is 0 Å². The molecule has 0 aliphatic carbocycles. The lowest BCUT2D eigenvalue weighted by Gasteiger charge is -2.35. The Labute approximate surface area is 158 Å². The maximum absolute atomic E-state index is 5.95. The van der Waals surface area contributed by atoms with Gasteiger partial charge in [0.25, 0.3) is 0 Å². The maximum atomic E-state index is 5.95. The lowest BCUT2D eigenvalue weighted by atomic mass is 10.0. The van der Waals surface area contributed by atoms with Gasteiger partial charge in [0.2, 0.25) is 0 Å². The number of hydrogen-bond donors (Lipinski definition) is 2. The first-order chi connectivity index (χ1) is 12.5. The first-order valence-corrected chi connectivity index (χ1v) is 9.53. The van der Waals surface area contributed by atoms with Crippen molar-refractivity contribution >= 4 is 5.96 Å². The molecule has 0 aromatic heterocycles. The predicted octanol–water partition coefficient (Wildman–Crippen LogP) is 2.50. The number of ether oxygens (including phenoxy) is 2. The molecule has 1 aromatic rings. The van der Waals surface area contributed by atoms with Crippen molar-refractivity contribution in [1.29, 1.82) is 0 Å². The number of aliphatic imine (C=N–C) groups is 1. The second-order valence-electron chi connectivity index (χ2n) is 7.11. The molecule has 1 unspecified atom stereocenters. The zero-order chi connectivity index (χ0) is 18.9. The molecule has 1 aliphatic rings. The number of nitrogens with zero attached hydrogens (tertiary/aromatic N) is 2. The molecule has 0 amide bonds. The Kier molecular flexibility index (Phi) is 8.04. The summed E-state index contributed by atoms with van der Waals surface area (Å²) in [6.07, 6.45) is 2.31. The van der Waals surface area contributed by atoms with Crippen molar-refractivity contribution in [1.82, 2.24) is 15.5 Å². The molecule has 1 heterocycles. The highest BCUT2D eigenvalue weighted by Crippen LogP contribution is 2.19. The summed E-state index contributed by atoms with van der Waals surface area (Å²) in [6, 6.07) is 8.78. The van der Waals surface area contributed by atoms with E-state index in [1.165, 1.54) is 0 Å². The number of nitrogens with one attached hydrogen (secondary N) is 2. The summed E-state index contributed by atoms with van der Waals surface area (Å²) in [4.78, 5) is 6.87. The summed E-state index contributed by atoms with van der Waals surface area (Å²) in [6.45, 7) is 9.53. The van der Waals surface area contributed by atoms with Gasteiger partial charge in [-0.25, -0.2) is 0 Å². The Balaban J connectivity index is 1.74. The lowest BCUT2D eigenvalue weighted by molar-refractivity contribution is 0.167. The van der Waals surface area contributed by atoms with Gasteiger partial charge in [0.15, 0.2) is 5.96 Å². The van der Waals surface area contributed by atoms with Crippen LogP contribution in [-0.4, -0.2) is 62.8 Å². The van der Waals surface area contributed by atoms with E-state index in [0.717, 1.165) is 43.4 Å². The molecule has 6 heteroatoms. The van der Waals surface area contributed by atoms with Gasteiger partial charge in [0.05, 0.1) is 13.7 Å². The van der Waals surface area contributed by atoms with Gasteiger partial charge in [-0.05, 0) is 45.7 Å². The quantitative estimate of drug-likeness (QED) is 0.577. The molecule has 0 spiro atoms. The van der Waals surface area contributed by atoms with Crippen molar-refractivity contribution in [2.24, 2.45) is 4.99 Å². The number of likely N-dealkylation sites (tertiary alicyclic amines) is 1. The molecule has 0 radical (unpaired) electrons. The summed E-state index contributed by atoms with van der Waals surface area (Å²) in [7, 11) is 3.47. The van der Waals surface area contributed by atoms with E-state index in [2.05, 4.69) is 34.4 Å². The number of rotatable bonds is 7. The molecule has 26 heavy (non-hydrogen) atoms. The molecule has 1 fully saturated rings. The van der Waals surface area contributed by atoms with Gasteiger partial charge in [0.1, 0.15) is 17.6 Å². The average molecular weight is 363 g/mol. The van der Waals surface area contributed by atoms with E-state index < -0.39 is 0 Å². The van der Waals surface area contributed by atoms with Gasteiger partial charge in [-0.2, -0.15) is 0 Å². The van der Waals surface area contributed by atoms with E-state index in [1.54, 1.807) is 7.11 Å². The van der Waals surface area contributed by atoms with Crippen LogP contribution in [-0.2, 0) is 0 Å². The van der Waals surface area contributed by atoms with Gasteiger partial charge in [0, 0.05) is 38.3 Å². The fourth-order valence-electron chi connectivity index (χ4n) is 3.14. The Morgan fingerprint density at radius 2 is 1.92 bits per heavy atom. The standard InChI is InChI=1S/C20H34N4O2/c1-15(2)24-11-9-17(10-12-24)23-20(21-4)22-14-16(3)26-19-8-6-7-18(13-19)25-5/h6-8,13,15-17H,9-12,14H2,1-5H3,(H2,21,22,23). The van der Waals surface area contributed by atoms with E-state index >= 15 is 0 Å². The van der Waals surface area contributed by atoms with Gasteiger partial charge >= 0.3 is 0 Å². The van der Waals surface area contributed by atoms with Gasteiger partial charge < -0.3 is 25.0 Å². The summed E-state index contributed by atoms with van der Waals surface area (Å²) >= 11 is 0. The SMILES string of the molecule is CN=C(NCC(C)Oc1cccc(OC)c1)NC1CCN(C(C)C)CC1. The average Bonchev–Trinajstić information content (AvgIpc) is 2.65. The van der Waals surface area contributed by atoms with Crippen LogP contribution in [0.4, 0.5) is 0 Å². The molecule has 6 nitrogen and oxygen atoms in total. The Bertz CT molecular complexity index is 569. The van der Waals surface area contributed by atoms with Crippen molar-refractivity contribution in [3.05, 3.63) is 24.3 Å². The van der Waals surface area contributed by atoms with E-state index in [1.807, 2.05) is 38.2 Å². The Morgan fingerprint density at radius 3 is 2.54 bits per heavy atom. The van der Waals surface area contributed by atoms with Crippen molar-refractivity contribution < 1.29 is 9.47 Å². The first kappa shape index (κ1) is 20.4. The van der Waals surface area contributed by atoms with Crippen molar-refractivity contribution in [2.75, 3.05) is 33.8 Å². The van der Waals surface area contributed by atoms with Crippen LogP contribution in [0.5, 0.6) is 11.5 Å². The number of methoxy groups -OCH3 is 1. The summed E-state index contributed by atoms with van der Waals surface area (Å²) < 4.78 is 11.2. The van der Waals surface area contributed by atoms with Crippen molar-refractivity contribution in [2.45, 2.75) is 51.8 Å². The minimum absolute atomic E-state index is 0.0171. The highest BCUT2D eigenvalue weighted by Gasteiger charge is 2.21. The summed E-state index contributed by atoms with van der Waals surface area (Å²) in [5, 5.41) is 6.91. The van der Waals surface area contributed by atoms with E-state index in [4.69, 9.17) is 9.47 Å². The molecule has 1 aromatic carbocycles. The maximum Gasteiger partial charge on any atom is 0.191 e. The Morgan fingerprint density at radius 1 is 1.23 bits per heavy atom. The molecule has 1 atom stereocenters. The Hall–Kier alpha value is -1.95. The third-order valence-corrected chi connectivity index (χ3v) is 4.76. The van der Waals surface area contributed by atoms with Crippen LogP contribution >= 0.6 is 0 Å². The molecule has 2 rings (SSSR count). The number of guanidine groups is 1. The minimum Gasteiger partial charge on any atom is -0.497 e. The third-order valence-electron chi connectivity index (χ3n) is 4.76. The normalized spacial score (nSPS) is 17.8. The molecular weight excluding hydrogens is 328 g/mol. The molecule has 1 aliphatic heterocycles. The van der Waals surface area contributed by atoms with Crippen LogP contribution in [0, 0.1) is 0 Å². The van der Waals surface area contributed by atoms with Gasteiger partial charge in [-0.1, -0.05) is 6.07 Å². The highest BCUT2D eigenvalue weighted by atomic mass is 16.5. The molecule has 1 saturated heterocycles.